The van der Waals surface area contributed by atoms with E-state index in [4.69, 9.17) is 9.47 Å². The third-order valence-corrected chi connectivity index (χ3v) is 5.02. The predicted molar refractivity (Wildman–Crippen MR) is 102 cm³/mol. The first-order valence-electron chi connectivity index (χ1n) is 9.55. The fourth-order valence-electron chi connectivity index (χ4n) is 3.35. The van der Waals surface area contributed by atoms with Gasteiger partial charge in [-0.15, -0.1) is 4.99 Å². The molecule has 1 aromatic carbocycles. The normalized spacial score (nSPS) is 19.1. The second kappa shape index (κ2) is 8.63. The monoisotopic (exact) mass is 475 g/mol. The van der Waals surface area contributed by atoms with E-state index in [1.807, 2.05) is 0 Å². The van der Waals surface area contributed by atoms with Crippen LogP contribution in [0.25, 0.3) is 11.0 Å². The quantitative estimate of drug-likeness (QED) is 0.431. The summed E-state index contributed by atoms with van der Waals surface area (Å²) in [6, 6.07) is 4.55. The number of hydrogen-bond donors (Lipinski definition) is 1. The molecule has 0 saturated carbocycles. The molecule has 0 saturated heterocycles. The van der Waals surface area contributed by atoms with Crippen LogP contribution in [0.5, 0.6) is 5.75 Å². The van der Waals surface area contributed by atoms with Crippen LogP contribution < -0.4 is 9.72 Å². The van der Waals surface area contributed by atoms with Gasteiger partial charge in [0.2, 0.25) is 12.0 Å². The van der Waals surface area contributed by atoms with E-state index in [9.17, 15) is 26.3 Å². The smallest absolute Gasteiger partial charge is 0.431 e. The van der Waals surface area contributed by atoms with E-state index in [-0.39, 0.29) is 29.2 Å². The molecule has 2 N–H and O–H groups in total. The Morgan fingerprint density at radius 2 is 2.06 bits per heavy atom. The number of ether oxygens (including phenoxy) is 3. The molecule has 0 amide bonds. The average Bonchev–Trinajstić information content (AvgIpc) is 3.22. The lowest BCUT2D eigenvalue weighted by Gasteiger charge is -2.31. The molecule has 4 rings (SSSR count). The van der Waals surface area contributed by atoms with Crippen LogP contribution in [-0.4, -0.2) is 48.7 Å². The highest BCUT2D eigenvalue weighted by Crippen LogP contribution is 2.36. The Morgan fingerprint density at radius 3 is 2.79 bits per heavy atom. The van der Waals surface area contributed by atoms with Gasteiger partial charge in [0.15, 0.2) is 0 Å². The summed E-state index contributed by atoms with van der Waals surface area (Å²) in [4.78, 5) is 12.9. The van der Waals surface area contributed by atoms with Crippen molar-refractivity contribution in [1.29, 1.82) is 0 Å². The van der Waals surface area contributed by atoms with Gasteiger partial charge in [0.05, 0.1) is 12.1 Å². The highest BCUT2D eigenvalue weighted by Gasteiger charge is 2.37. The van der Waals surface area contributed by atoms with Gasteiger partial charge in [0.25, 0.3) is 5.82 Å². The molecule has 3 aromatic rings. The summed E-state index contributed by atoms with van der Waals surface area (Å²) in [6.45, 7) is -1.26. The second-order valence-corrected chi connectivity index (χ2v) is 7.18. The molecule has 1 aliphatic heterocycles. The standard InChI is InChI=1S/C20H16F6N4O3/c1-31-19(22,23)8-33-15-7-32-14-4-10(21)2-3-11(14)13(15)6-27-17-12-5-16(20(24,25)26)30-18(12)29-9-28-17/h2-6,9,13,15H,7-8H2,1H3,(H,28,29,30)/p+1/b27-6-. The van der Waals surface area contributed by atoms with Crippen LogP contribution in [0.3, 0.4) is 0 Å². The molecule has 33 heavy (non-hydrogen) atoms. The maximum Gasteiger partial charge on any atom is 0.431 e. The lowest BCUT2D eigenvalue weighted by molar-refractivity contribution is -0.365. The zero-order chi connectivity index (χ0) is 23.8. The molecule has 0 aliphatic carbocycles. The Bertz CT molecular complexity index is 1180. The number of aromatic nitrogens is 3. The minimum absolute atomic E-state index is 0.0443. The second-order valence-electron chi connectivity index (χ2n) is 7.18. The van der Waals surface area contributed by atoms with E-state index in [1.165, 1.54) is 12.3 Å². The average molecular weight is 475 g/mol. The van der Waals surface area contributed by atoms with E-state index in [0.717, 1.165) is 31.6 Å². The van der Waals surface area contributed by atoms with Crippen molar-refractivity contribution in [3.63, 3.8) is 0 Å². The highest BCUT2D eigenvalue weighted by atomic mass is 19.4. The van der Waals surface area contributed by atoms with Gasteiger partial charge in [-0.05, 0) is 12.1 Å². The minimum Gasteiger partial charge on any atom is -0.490 e. The molecular weight excluding hydrogens is 458 g/mol. The zero-order valence-electron chi connectivity index (χ0n) is 16.9. The molecule has 1 aliphatic rings. The van der Waals surface area contributed by atoms with Crippen molar-refractivity contribution in [3.8, 4) is 5.75 Å². The van der Waals surface area contributed by atoms with Gasteiger partial charge in [-0.2, -0.15) is 22.0 Å². The van der Waals surface area contributed by atoms with Crippen LogP contribution in [0.4, 0.5) is 32.2 Å². The van der Waals surface area contributed by atoms with Crippen LogP contribution in [0, 0.1) is 5.82 Å². The van der Waals surface area contributed by atoms with Crippen LogP contribution in [-0.2, 0) is 15.7 Å². The lowest BCUT2D eigenvalue weighted by atomic mass is 9.91. The van der Waals surface area contributed by atoms with Crippen LogP contribution in [0.1, 0.15) is 17.2 Å². The molecular formula is C20H17F6N4O3+. The fraction of sp³-hybridized carbons (Fsp3) is 0.350. The summed E-state index contributed by atoms with van der Waals surface area (Å²) < 4.78 is 94.7. The number of nitrogens with one attached hydrogen (secondary N) is 2. The molecule has 0 radical (unpaired) electrons. The van der Waals surface area contributed by atoms with E-state index in [2.05, 4.69) is 24.7 Å². The van der Waals surface area contributed by atoms with E-state index < -0.39 is 42.4 Å². The summed E-state index contributed by atoms with van der Waals surface area (Å²) in [5.41, 5.74) is -0.640. The Labute approximate surface area is 182 Å². The number of benzene rings is 1. The van der Waals surface area contributed by atoms with Crippen LogP contribution in [0.15, 0.2) is 35.6 Å². The maximum atomic E-state index is 13.6. The van der Waals surface area contributed by atoms with Crippen molar-refractivity contribution in [1.82, 2.24) is 9.97 Å². The number of aromatic amines is 2. The molecule has 176 valence electrons. The fourth-order valence-corrected chi connectivity index (χ4v) is 3.35. The molecule has 7 nitrogen and oxygen atoms in total. The molecule has 3 heterocycles. The number of rotatable bonds is 6. The van der Waals surface area contributed by atoms with E-state index in [1.54, 1.807) is 0 Å². The third-order valence-electron chi connectivity index (χ3n) is 5.02. The first-order valence-corrected chi connectivity index (χ1v) is 9.55. The number of alkyl halides is 5. The number of halogens is 6. The van der Waals surface area contributed by atoms with Gasteiger partial charge in [0, 0.05) is 18.7 Å². The van der Waals surface area contributed by atoms with Gasteiger partial charge >= 0.3 is 12.3 Å². The van der Waals surface area contributed by atoms with E-state index >= 15 is 0 Å². The SMILES string of the molecule is COC(F)(F)COC1COc2cc(F)ccc2C1/C=N\c1[nH+]cnc2[nH]c(C(F)(F)F)cc12. The zero-order valence-corrected chi connectivity index (χ0v) is 16.9. The van der Waals surface area contributed by atoms with Crippen molar-refractivity contribution in [2.75, 3.05) is 20.3 Å². The summed E-state index contributed by atoms with van der Waals surface area (Å²) >= 11 is 0. The largest absolute Gasteiger partial charge is 0.490 e. The summed E-state index contributed by atoms with van der Waals surface area (Å²) in [6.07, 6.45) is -6.64. The Hall–Kier alpha value is -3.19. The first-order chi connectivity index (χ1) is 15.6. The van der Waals surface area contributed by atoms with Crippen molar-refractivity contribution in [3.05, 3.63) is 47.7 Å². The minimum atomic E-state index is -4.61. The molecule has 0 spiro atoms. The van der Waals surface area contributed by atoms with Gasteiger partial charge in [-0.3, -0.25) is 0 Å². The summed E-state index contributed by atoms with van der Waals surface area (Å²) in [5.74, 6) is -1.12. The van der Waals surface area contributed by atoms with Crippen LogP contribution in [0.2, 0.25) is 0 Å². The Kier molecular flexibility index (Phi) is 6.01. The number of aliphatic imine (C=N–C) groups is 1. The maximum absolute atomic E-state index is 13.6. The van der Waals surface area contributed by atoms with Crippen LogP contribution >= 0.6 is 0 Å². The van der Waals surface area contributed by atoms with Gasteiger partial charge < -0.3 is 19.2 Å². The number of fused-ring (bicyclic) bond motifs is 2. The van der Waals surface area contributed by atoms with Gasteiger partial charge in [-0.1, -0.05) is 11.1 Å². The summed E-state index contributed by atoms with van der Waals surface area (Å²) in [7, 11) is 0.828. The lowest BCUT2D eigenvalue weighted by Crippen LogP contribution is -2.38. The molecule has 0 bridgehead atoms. The third kappa shape index (κ3) is 4.93. The molecule has 2 unspecified atom stereocenters. The predicted octanol–water partition coefficient (Wildman–Crippen LogP) is 4.04. The number of hydrogen-bond acceptors (Lipinski definition) is 5. The molecule has 2 aromatic heterocycles. The number of nitrogens with zero attached hydrogens (tertiary/aromatic N) is 2. The molecule has 2 atom stereocenters. The number of H-pyrrole nitrogens is 2. The van der Waals surface area contributed by atoms with E-state index in [0.29, 0.717) is 5.56 Å². The Morgan fingerprint density at radius 1 is 1.27 bits per heavy atom. The van der Waals surface area contributed by atoms with Crippen molar-refractivity contribution in [2.24, 2.45) is 4.99 Å². The van der Waals surface area contributed by atoms with Crippen molar-refractivity contribution < 1.29 is 45.5 Å². The molecule has 13 heteroatoms. The topological polar surface area (TPSA) is 82.9 Å². The van der Waals surface area contributed by atoms with Crippen molar-refractivity contribution >= 4 is 23.1 Å². The van der Waals surface area contributed by atoms with Crippen molar-refractivity contribution in [2.45, 2.75) is 24.3 Å². The van der Waals surface area contributed by atoms with Gasteiger partial charge in [-0.25, -0.2) is 9.37 Å². The summed E-state index contributed by atoms with van der Waals surface area (Å²) in [5, 5.41) is 0.0656. The van der Waals surface area contributed by atoms with Gasteiger partial charge in [0.1, 0.15) is 42.0 Å². The highest BCUT2D eigenvalue weighted by molar-refractivity contribution is 5.87. The Balaban J connectivity index is 1.69. The first kappa shape index (κ1) is 23.0. The number of methoxy groups -OCH3 is 1. The molecule has 0 fully saturated rings.